The molecule has 0 atom stereocenters. The number of rotatable bonds is 3. The molecule has 1 heterocycles. The molecule has 0 aliphatic heterocycles. The summed E-state index contributed by atoms with van der Waals surface area (Å²) in [4.78, 5) is 13.2. The fourth-order valence-corrected chi connectivity index (χ4v) is 2.32. The standard InChI is InChI=1S/C15H14N4O2/c1-18(2)11-7-3-4-8-12(11)19-13-9-5-6-10(15(20)21)14(13)16-17-19/h3-9H,1-2H3,(H,20,21). The fraction of sp³-hybridized carbons (Fsp3) is 0.133. The Hall–Kier alpha value is -2.89. The Bertz CT molecular complexity index is 823. The van der Waals surface area contributed by atoms with Crippen molar-refractivity contribution in [2.75, 3.05) is 19.0 Å². The van der Waals surface area contributed by atoms with Gasteiger partial charge in [-0.15, -0.1) is 5.10 Å². The maximum absolute atomic E-state index is 11.3. The van der Waals surface area contributed by atoms with Crippen molar-refractivity contribution in [3.63, 3.8) is 0 Å². The van der Waals surface area contributed by atoms with Crippen LogP contribution in [0.15, 0.2) is 42.5 Å². The lowest BCUT2D eigenvalue weighted by atomic mass is 10.2. The lowest BCUT2D eigenvalue weighted by Gasteiger charge is -2.17. The summed E-state index contributed by atoms with van der Waals surface area (Å²) in [6.45, 7) is 0. The highest BCUT2D eigenvalue weighted by Gasteiger charge is 2.16. The van der Waals surface area contributed by atoms with E-state index in [1.54, 1.807) is 10.7 Å². The van der Waals surface area contributed by atoms with Crippen LogP contribution in [0.5, 0.6) is 0 Å². The molecule has 1 aromatic heterocycles. The minimum Gasteiger partial charge on any atom is -0.478 e. The summed E-state index contributed by atoms with van der Waals surface area (Å²) < 4.78 is 1.66. The summed E-state index contributed by atoms with van der Waals surface area (Å²) in [5.74, 6) is -1.01. The van der Waals surface area contributed by atoms with Crippen LogP contribution >= 0.6 is 0 Å². The first-order chi connectivity index (χ1) is 10.1. The Kier molecular flexibility index (Phi) is 3.06. The summed E-state index contributed by atoms with van der Waals surface area (Å²) in [6, 6.07) is 12.8. The van der Waals surface area contributed by atoms with Gasteiger partial charge in [0.25, 0.3) is 0 Å². The van der Waals surface area contributed by atoms with Crippen molar-refractivity contribution in [2.24, 2.45) is 0 Å². The van der Waals surface area contributed by atoms with E-state index in [0.29, 0.717) is 11.0 Å². The molecule has 0 saturated carbocycles. The van der Waals surface area contributed by atoms with Gasteiger partial charge in [0.1, 0.15) is 5.52 Å². The summed E-state index contributed by atoms with van der Waals surface area (Å²) >= 11 is 0. The van der Waals surface area contributed by atoms with Crippen molar-refractivity contribution in [2.45, 2.75) is 0 Å². The number of carbonyl (C=O) groups is 1. The van der Waals surface area contributed by atoms with Crippen LogP contribution in [0, 0.1) is 0 Å². The van der Waals surface area contributed by atoms with Gasteiger partial charge in [0.15, 0.2) is 0 Å². The molecule has 0 fully saturated rings. The number of hydrogen-bond donors (Lipinski definition) is 1. The van der Waals surface area contributed by atoms with Crippen molar-refractivity contribution >= 4 is 22.7 Å². The second-order valence-electron chi connectivity index (χ2n) is 4.86. The van der Waals surface area contributed by atoms with Gasteiger partial charge >= 0.3 is 5.97 Å². The molecule has 106 valence electrons. The average molecular weight is 282 g/mol. The van der Waals surface area contributed by atoms with Crippen molar-refractivity contribution in [1.82, 2.24) is 15.0 Å². The molecule has 6 nitrogen and oxygen atoms in total. The molecular weight excluding hydrogens is 268 g/mol. The molecule has 0 saturated heterocycles. The molecule has 0 spiro atoms. The van der Waals surface area contributed by atoms with Gasteiger partial charge < -0.3 is 10.0 Å². The van der Waals surface area contributed by atoms with Gasteiger partial charge in [-0.3, -0.25) is 0 Å². The highest BCUT2D eigenvalue weighted by molar-refractivity contribution is 6.01. The Morgan fingerprint density at radius 2 is 1.90 bits per heavy atom. The molecule has 21 heavy (non-hydrogen) atoms. The molecular formula is C15H14N4O2. The van der Waals surface area contributed by atoms with Crippen LogP contribution in [0.2, 0.25) is 0 Å². The van der Waals surface area contributed by atoms with Gasteiger partial charge in [0.2, 0.25) is 0 Å². The van der Waals surface area contributed by atoms with Crippen molar-refractivity contribution in [3.8, 4) is 5.69 Å². The van der Waals surface area contributed by atoms with Crippen LogP contribution in [-0.2, 0) is 0 Å². The minimum atomic E-state index is -1.01. The van der Waals surface area contributed by atoms with Crippen molar-refractivity contribution in [3.05, 3.63) is 48.0 Å². The number of hydrogen-bond acceptors (Lipinski definition) is 4. The van der Waals surface area contributed by atoms with Gasteiger partial charge in [-0.1, -0.05) is 23.4 Å². The van der Waals surface area contributed by atoms with Gasteiger partial charge in [-0.2, -0.15) is 0 Å². The molecule has 0 amide bonds. The van der Waals surface area contributed by atoms with Crippen LogP contribution in [0.3, 0.4) is 0 Å². The number of aromatic nitrogens is 3. The number of anilines is 1. The molecule has 0 bridgehead atoms. The van der Waals surface area contributed by atoms with Crippen LogP contribution < -0.4 is 4.90 Å². The van der Waals surface area contributed by atoms with E-state index in [2.05, 4.69) is 10.3 Å². The van der Waals surface area contributed by atoms with Gasteiger partial charge in [0, 0.05) is 14.1 Å². The molecule has 3 rings (SSSR count). The summed E-state index contributed by atoms with van der Waals surface area (Å²) in [5, 5.41) is 17.4. The van der Waals surface area contributed by atoms with E-state index in [-0.39, 0.29) is 5.56 Å². The lowest BCUT2D eigenvalue weighted by molar-refractivity contribution is 0.0699. The zero-order chi connectivity index (χ0) is 15.0. The largest absolute Gasteiger partial charge is 0.478 e. The zero-order valence-corrected chi connectivity index (χ0v) is 11.7. The predicted molar refractivity (Wildman–Crippen MR) is 80.2 cm³/mol. The van der Waals surface area contributed by atoms with Crippen LogP contribution in [-0.4, -0.2) is 40.2 Å². The first kappa shape index (κ1) is 13.1. The van der Waals surface area contributed by atoms with Crippen molar-refractivity contribution in [1.29, 1.82) is 0 Å². The number of para-hydroxylation sites is 2. The van der Waals surface area contributed by atoms with Gasteiger partial charge in [0.05, 0.1) is 22.5 Å². The van der Waals surface area contributed by atoms with E-state index in [9.17, 15) is 9.90 Å². The minimum absolute atomic E-state index is 0.154. The number of carboxylic acid groups (broad SMARTS) is 1. The molecule has 0 aliphatic carbocycles. The van der Waals surface area contributed by atoms with E-state index >= 15 is 0 Å². The highest BCUT2D eigenvalue weighted by atomic mass is 16.4. The first-order valence-electron chi connectivity index (χ1n) is 6.44. The fourth-order valence-electron chi connectivity index (χ4n) is 2.32. The molecule has 6 heteroatoms. The maximum atomic E-state index is 11.3. The summed E-state index contributed by atoms with van der Waals surface area (Å²) in [5.41, 5.74) is 3.04. The first-order valence-corrected chi connectivity index (χ1v) is 6.44. The monoisotopic (exact) mass is 282 g/mol. The molecule has 0 radical (unpaired) electrons. The highest BCUT2D eigenvalue weighted by Crippen LogP contribution is 2.26. The Labute approximate surface area is 121 Å². The van der Waals surface area contributed by atoms with Gasteiger partial charge in [-0.25, -0.2) is 9.48 Å². The normalized spacial score (nSPS) is 10.8. The average Bonchev–Trinajstić information content (AvgIpc) is 2.90. The quantitative estimate of drug-likeness (QED) is 0.797. The van der Waals surface area contributed by atoms with E-state index in [1.165, 1.54) is 6.07 Å². The zero-order valence-electron chi connectivity index (χ0n) is 11.7. The van der Waals surface area contributed by atoms with E-state index in [1.807, 2.05) is 49.3 Å². The topological polar surface area (TPSA) is 71.2 Å². The number of carboxylic acids is 1. The summed E-state index contributed by atoms with van der Waals surface area (Å²) in [7, 11) is 3.89. The predicted octanol–water partition coefficient (Wildman–Crippen LogP) is 2.18. The molecule has 0 unspecified atom stereocenters. The SMILES string of the molecule is CN(C)c1ccccc1-n1nnc2c(C(=O)O)cccc21. The lowest BCUT2D eigenvalue weighted by Crippen LogP contribution is -2.12. The summed E-state index contributed by atoms with van der Waals surface area (Å²) in [6.07, 6.45) is 0. The van der Waals surface area contributed by atoms with Crippen molar-refractivity contribution < 1.29 is 9.90 Å². The number of benzene rings is 2. The van der Waals surface area contributed by atoms with Crippen LogP contribution in [0.25, 0.3) is 16.7 Å². The number of fused-ring (bicyclic) bond motifs is 1. The second-order valence-corrected chi connectivity index (χ2v) is 4.86. The van der Waals surface area contributed by atoms with E-state index in [0.717, 1.165) is 11.4 Å². The molecule has 0 aliphatic rings. The smallest absolute Gasteiger partial charge is 0.338 e. The molecule has 3 aromatic rings. The Morgan fingerprint density at radius 3 is 2.62 bits per heavy atom. The number of aromatic carboxylic acids is 1. The molecule has 1 N–H and O–H groups in total. The van der Waals surface area contributed by atoms with Crippen LogP contribution in [0.4, 0.5) is 5.69 Å². The third-order valence-electron chi connectivity index (χ3n) is 3.30. The third kappa shape index (κ3) is 2.10. The van der Waals surface area contributed by atoms with E-state index in [4.69, 9.17) is 0 Å². The number of nitrogens with zero attached hydrogens (tertiary/aromatic N) is 4. The molecule has 2 aromatic carbocycles. The third-order valence-corrected chi connectivity index (χ3v) is 3.30. The Balaban J connectivity index is 2.28. The second kappa shape index (κ2) is 4.90. The van der Waals surface area contributed by atoms with E-state index < -0.39 is 5.97 Å². The van der Waals surface area contributed by atoms with Crippen LogP contribution in [0.1, 0.15) is 10.4 Å². The maximum Gasteiger partial charge on any atom is 0.338 e. The van der Waals surface area contributed by atoms with Gasteiger partial charge in [-0.05, 0) is 24.3 Å². The Morgan fingerprint density at radius 1 is 1.14 bits per heavy atom.